The molecule has 0 unspecified atom stereocenters. The third kappa shape index (κ3) is 3.67. The van der Waals surface area contributed by atoms with Crippen LogP contribution in [0.15, 0.2) is 24.5 Å². The highest BCUT2D eigenvalue weighted by Gasteiger charge is 2.10. The lowest BCUT2D eigenvalue weighted by molar-refractivity contribution is 0.0779. The van der Waals surface area contributed by atoms with E-state index in [1.54, 1.807) is 43.6 Å². The Kier molecular flexibility index (Phi) is 4.77. The number of aromatic nitrogens is 1. The topological polar surface area (TPSA) is 42.4 Å². The quantitative estimate of drug-likeness (QED) is 0.683. The molecule has 0 aromatic carbocycles. The third-order valence-electron chi connectivity index (χ3n) is 2.10. The summed E-state index contributed by atoms with van der Waals surface area (Å²) in [7, 11) is 3.44. The van der Waals surface area contributed by atoms with E-state index in [4.69, 9.17) is 4.74 Å². The van der Waals surface area contributed by atoms with Gasteiger partial charge in [0.2, 0.25) is 0 Å². The molecular weight excluding hydrogens is 192 g/mol. The van der Waals surface area contributed by atoms with E-state index in [9.17, 15) is 4.79 Å². The van der Waals surface area contributed by atoms with E-state index >= 15 is 0 Å². The van der Waals surface area contributed by atoms with Crippen molar-refractivity contribution in [3.05, 3.63) is 30.1 Å². The first-order chi connectivity index (χ1) is 7.25. The smallest absolute Gasteiger partial charge is 0.255 e. The number of methoxy groups -OCH3 is 1. The zero-order valence-corrected chi connectivity index (χ0v) is 9.14. The summed E-state index contributed by atoms with van der Waals surface area (Å²) >= 11 is 0. The fourth-order valence-electron chi connectivity index (χ4n) is 1.26. The van der Waals surface area contributed by atoms with Gasteiger partial charge in [-0.15, -0.1) is 0 Å². The summed E-state index contributed by atoms with van der Waals surface area (Å²) < 4.78 is 4.93. The first-order valence-corrected chi connectivity index (χ1v) is 4.90. The highest BCUT2D eigenvalue weighted by molar-refractivity contribution is 5.93. The number of amides is 1. The molecule has 4 heteroatoms. The lowest BCUT2D eigenvalue weighted by Crippen LogP contribution is -2.28. The molecule has 0 spiro atoms. The average Bonchev–Trinajstić information content (AvgIpc) is 2.29. The number of rotatable bonds is 5. The Balaban J connectivity index is 2.46. The molecule has 0 fully saturated rings. The van der Waals surface area contributed by atoms with Gasteiger partial charge in [0.05, 0.1) is 5.56 Å². The molecule has 1 heterocycles. The van der Waals surface area contributed by atoms with Gasteiger partial charge in [-0.2, -0.15) is 0 Å². The van der Waals surface area contributed by atoms with E-state index in [1.165, 1.54) is 0 Å². The SMILES string of the molecule is COCCCN(C)C(=O)c1cccnc1. The lowest BCUT2D eigenvalue weighted by Gasteiger charge is -2.16. The normalized spacial score (nSPS) is 10.0. The van der Waals surface area contributed by atoms with Crippen molar-refractivity contribution < 1.29 is 9.53 Å². The maximum absolute atomic E-state index is 11.8. The fraction of sp³-hybridized carbons (Fsp3) is 0.455. The van der Waals surface area contributed by atoms with Crippen LogP contribution in [0.25, 0.3) is 0 Å². The van der Waals surface area contributed by atoms with Gasteiger partial charge in [-0.05, 0) is 18.6 Å². The van der Waals surface area contributed by atoms with Gasteiger partial charge in [0.25, 0.3) is 5.91 Å². The van der Waals surface area contributed by atoms with Crippen molar-refractivity contribution in [2.45, 2.75) is 6.42 Å². The van der Waals surface area contributed by atoms with Gasteiger partial charge < -0.3 is 9.64 Å². The molecule has 1 amide bonds. The van der Waals surface area contributed by atoms with E-state index in [1.807, 2.05) is 0 Å². The molecule has 0 aliphatic rings. The van der Waals surface area contributed by atoms with Crippen molar-refractivity contribution in [1.29, 1.82) is 0 Å². The summed E-state index contributed by atoms with van der Waals surface area (Å²) in [5.41, 5.74) is 0.623. The Hall–Kier alpha value is -1.42. The summed E-state index contributed by atoms with van der Waals surface area (Å²) in [6.45, 7) is 1.37. The number of nitrogens with zero attached hydrogens (tertiary/aromatic N) is 2. The number of ether oxygens (including phenoxy) is 1. The number of carbonyl (C=O) groups excluding carboxylic acids is 1. The van der Waals surface area contributed by atoms with Crippen molar-refractivity contribution in [3.8, 4) is 0 Å². The number of pyridine rings is 1. The average molecular weight is 208 g/mol. The van der Waals surface area contributed by atoms with E-state index < -0.39 is 0 Å². The maximum Gasteiger partial charge on any atom is 0.255 e. The van der Waals surface area contributed by atoms with Crippen molar-refractivity contribution in [2.75, 3.05) is 27.3 Å². The standard InChI is InChI=1S/C11H16N2O2/c1-13(7-4-8-15-2)11(14)10-5-3-6-12-9-10/h3,5-6,9H,4,7-8H2,1-2H3. The van der Waals surface area contributed by atoms with Gasteiger partial charge in [-0.1, -0.05) is 0 Å². The van der Waals surface area contributed by atoms with Crippen molar-refractivity contribution in [3.63, 3.8) is 0 Å². The Morgan fingerprint density at radius 2 is 2.40 bits per heavy atom. The van der Waals surface area contributed by atoms with Crippen molar-refractivity contribution in [2.24, 2.45) is 0 Å². The fourth-order valence-corrected chi connectivity index (χ4v) is 1.26. The minimum absolute atomic E-state index is 0.000738. The summed E-state index contributed by atoms with van der Waals surface area (Å²) in [4.78, 5) is 17.4. The minimum atomic E-state index is -0.000738. The van der Waals surface area contributed by atoms with Crippen LogP contribution in [0.4, 0.5) is 0 Å². The van der Waals surface area contributed by atoms with E-state index in [-0.39, 0.29) is 5.91 Å². The van der Waals surface area contributed by atoms with Crippen molar-refractivity contribution >= 4 is 5.91 Å². The number of carbonyl (C=O) groups is 1. The monoisotopic (exact) mass is 208 g/mol. The zero-order valence-electron chi connectivity index (χ0n) is 9.14. The molecule has 0 aliphatic carbocycles. The Labute approximate surface area is 89.9 Å². The van der Waals surface area contributed by atoms with Crippen LogP contribution in [0, 0.1) is 0 Å². The van der Waals surface area contributed by atoms with Gasteiger partial charge in [0, 0.05) is 39.7 Å². The van der Waals surface area contributed by atoms with Gasteiger partial charge >= 0.3 is 0 Å². The highest BCUT2D eigenvalue weighted by Crippen LogP contribution is 2.01. The summed E-state index contributed by atoms with van der Waals surface area (Å²) in [6.07, 6.45) is 4.08. The second kappa shape index (κ2) is 6.14. The summed E-state index contributed by atoms with van der Waals surface area (Å²) in [5, 5.41) is 0. The Morgan fingerprint density at radius 3 is 3.00 bits per heavy atom. The van der Waals surface area contributed by atoms with Gasteiger partial charge in [-0.3, -0.25) is 9.78 Å². The molecule has 82 valence electrons. The Bertz CT molecular complexity index is 301. The zero-order chi connectivity index (χ0) is 11.1. The molecular formula is C11H16N2O2. The lowest BCUT2D eigenvalue weighted by atomic mass is 10.2. The molecule has 1 aromatic heterocycles. The van der Waals surface area contributed by atoms with Crippen LogP contribution >= 0.6 is 0 Å². The maximum atomic E-state index is 11.8. The van der Waals surface area contributed by atoms with Crippen LogP contribution in [0.3, 0.4) is 0 Å². The van der Waals surface area contributed by atoms with Gasteiger partial charge in [0.15, 0.2) is 0 Å². The molecule has 0 saturated carbocycles. The minimum Gasteiger partial charge on any atom is -0.385 e. The molecule has 0 bridgehead atoms. The van der Waals surface area contributed by atoms with Gasteiger partial charge in [0.1, 0.15) is 0 Å². The largest absolute Gasteiger partial charge is 0.385 e. The van der Waals surface area contributed by atoms with Gasteiger partial charge in [-0.25, -0.2) is 0 Å². The molecule has 0 radical (unpaired) electrons. The highest BCUT2D eigenvalue weighted by atomic mass is 16.5. The van der Waals surface area contributed by atoms with Crippen LogP contribution in [0.5, 0.6) is 0 Å². The molecule has 4 nitrogen and oxygen atoms in total. The van der Waals surface area contributed by atoms with E-state index in [0.29, 0.717) is 18.7 Å². The molecule has 15 heavy (non-hydrogen) atoms. The molecule has 1 rings (SSSR count). The molecule has 0 atom stereocenters. The number of hydrogen-bond donors (Lipinski definition) is 0. The molecule has 0 N–H and O–H groups in total. The third-order valence-corrected chi connectivity index (χ3v) is 2.10. The van der Waals surface area contributed by atoms with E-state index in [0.717, 1.165) is 6.42 Å². The summed E-state index contributed by atoms with van der Waals surface area (Å²) in [6, 6.07) is 3.53. The number of hydrogen-bond acceptors (Lipinski definition) is 3. The predicted molar refractivity (Wildman–Crippen MR) is 57.7 cm³/mol. The second-order valence-electron chi connectivity index (χ2n) is 3.31. The predicted octanol–water partition coefficient (Wildman–Crippen LogP) is 1.19. The second-order valence-corrected chi connectivity index (χ2v) is 3.31. The first-order valence-electron chi connectivity index (χ1n) is 4.90. The van der Waals surface area contributed by atoms with Crippen molar-refractivity contribution in [1.82, 2.24) is 9.88 Å². The molecule has 0 saturated heterocycles. The van der Waals surface area contributed by atoms with Crippen LogP contribution < -0.4 is 0 Å². The van der Waals surface area contributed by atoms with Crippen LogP contribution in [-0.2, 0) is 4.74 Å². The van der Waals surface area contributed by atoms with Crippen LogP contribution in [0.1, 0.15) is 16.8 Å². The van der Waals surface area contributed by atoms with Crippen LogP contribution in [0.2, 0.25) is 0 Å². The molecule has 0 aliphatic heterocycles. The molecule has 1 aromatic rings. The Morgan fingerprint density at radius 1 is 1.60 bits per heavy atom. The van der Waals surface area contributed by atoms with E-state index in [2.05, 4.69) is 4.98 Å². The first kappa shape index (κ1) is 11.7. The summed E-state index contributed by atoms with van der Waals surface area (Å²) in [5.74, 6) is -0.000738. The van der Waals surface area contributed by atoms with Crippen LogP contribution in [-0.4, -0.2) is 43.1 Å².